The van der Waals surface area contributed by atoms with Crippen LogP contribution in [0.25, 0.3) is 6.08 Å². The van der Waals surface area contributed by atoms with Crippen LogP contribution in [0.5, 0.6) is 5.75 Å². The van der Waals surface area contributed by atoms with E-state index in [1.165, 1.54) is 11.8 Å². The lowest BCUT2D eigenvalue weighted by atomic mass is 10.2. The molecule has 2 aliphatic rings. The van der Waals surface area contributed by atoms with Crippen LogP contribution in [0.2, 0.25) is 0 Å². The highest BCUT2D eigenvalue weighted by atomic mass is 32.2. The lowest BCUT2D eigenvalue weighted by molar-refractivity contribution is -0.113. The number of hydrogen-bond acceptors (Lipinski definition) is 5. The van der Waals surface area contributed by atoms with E-state index in [0.29, 0.717) is 4.91 Å². The van der Waals surface area contributed by atoms with Crippen molar-refractivity contribution in [3.8, 4) is 5.75 Å². The molecule has 22 heavy (non-hydrogen) atoms. The molecule has 0 bridgehead atoms. The number of ether oxygens (including phenoxy) is 1. The summed E-state index contributed by atoms with van der Waals surface area (Å²) in [6.45, 7) is 5.54. The van der Waals surface area contributed by atoms with E-state index in [0.717, 1.165) is 23.8 Å². The monoisotopic (exact) mass is 318 g/mol. The summed E-state index contributed by atoms with van der Waals surface area (Å²) >= 11 is 1.40. The summed E-state index contributed by atoms with van der Waals surface area (Å²) in [6, 6.07) is 6.74. The first-order chi connectivity index (χ1) is 10.5. The first-order valence-electron chi connectivity index (χ1n) is 7.23. The molecule has 1 aromatic rings. The molecule has 3 rings (SSSR count). The van der Waals surface area contributed by atoms with Gasteiger partial charge in [0.25, 0.3) is 5.91 Å². The first kappa shape index (κ1) is 15.1. The van der Waals surface area contributed by atoms with Crippen molar-refractivity contribution in [2.45, 2.75) is 26.1 Å². The average Bonchev–Trinajstić information content (AvgIpc) is 2.82. The number of rotatable bonds is 1. The number of aromatic hydroxyl groups is 1. The highest BCUT2D eigenvalue weighted by molar-refractivity contribution is 8.18. The minimum absolute atomic E-state index is 0.132. The van der Waals surface area contributed by atoms with Crippen LogP contribution in [0.15, 0.2) is 34.2 Å². The summed E-state index contributed by atoms with van der Waals surface area (Å²) in [6.07, 6.45) is 2.07. The number of carbonyl (C=O) groups excluding carboxylic acids is 1. The molecule has 0 aromatic heterocycles. The van der Waals surface area contributed by atoms with Crippen molar-refractivity contribution in [2.75, 3.05) is 13.1 Å². The molecule has 1 N–H and O–H groups in total. The van der Waals surface area contributed by atoms with Gasteiger partial charge in [-0.25, -0.2) is 0 Å². The molecule has 0 radical (unpaired) electrons. The van der Waals surface area contributed by atoms with Gasteiger partial charge in [-0.2, -0.15) is 4.99 Å². The summed E-state index contributed by atoms with van der Waals surface area (Å²) in [7, 11) is 0. The Morgan fingerprint density at radius 1 is 1.27 bits per heavy atom. The number of thioether (sulfide) groups is 1. The number of amides is 1. The van der Waals surface area contributed by atoms with Crippen LogP contribution in [0.4, 0.5) is 0 Å². The minimum Gasteiger partial charge on any atom is -0.508 e. The van der Waals surface area contributed by atoms with Crippen molar-refractivity contribution in [1.29, 1.82) is 0 Å². The van der Waals surface area contributed by atoms with Gasteiger partial charge in [-0.05, 0) is 49.4 Å². The maximum atomic E-state index is 12.1. The number of hydrogen-bond donors (Lipinski definition) is 1. The number of nitrogens with zero attached hydrogens (tertiary/aromatic N) is 2. The van der Waals surface area contributed by atoms with E-state index in [2.05, 4.69) is 9.89 Å². The van der Waals surface area contributed by atoms with Crippen LogP contribution in [0, 0.1) is 0 Å². The van der Waals surface area contributed by atoms with Crippen molar-refractivity contribution in [1.82, 2.24) is 4.90 Å². The Bertz CT molecular complexity index is 629. The van der Waals surface area contributed by atoms with Crippen LogP contribution in [0.3, 0.4) is 0 Å². The lowest BCUT2D eigenvalue weighted by Crippen LogP contribution is -2.47. The maximum absolute atomic E-state index is 12.1. The molecule has 6 heteroatoms. The molecule has 1 amide bonds. The van der Waals surface area contributed by atoms with Gasteiger partial charge in [-0.15, -0.1) is 0 Å². The summed E-state index contributed by atoms with van der Waals surface area (Å²) in [4.78, 5) is 19.0. The smallest absolute Gasteiger partial charge is 0.286 e. The van der Waals surface area contributed by atoms with Gasteiger partial charge in [0.05, 0.1) is 17.1 Å². The Labute approximate surface area is 133 Å². The normalized spacial score (nSPS) is 27.4. The number of carbonyl (C=O) groups is 1. The third kappa shape index (κ3) is 3.34. The predicted molar refractivity (Wildman–Crippen MR) is 87.7 cm³/mol. The Hall–Kier alpha value is -1.79. The Morgan fingerprint density at radius 3 is 2.55 bits per heavy atom. The van der Waals surface area contributed by atoms with Gasteiger partial charge in [0.15, 0.2) is 5.17 Å². The Kier molecular flexibility index (Phi) is 4.22. The van der Waals surface area contributed by atoms with Crippen LogP contribution in [-0.4, -0.2) is 46.4 Å². The molecule has 1 fully saturated rings. The zero-order valence-corrected chi connectivity index (χ0v) is 13.3. The maximum Gasteiger partial charge on any atom is 0.286 e. The van der Waals surface area contributed by atoms with Gasteiger partial charge < -0.3 is 14.7 Å². The fraction of sp³-hybridized carbons (Fsp3) is 0.375. The third-order valence-electron chi connectivity index (χ3n) is 3.49. The number of benzene rings is 1. The number of phenolic OH excluding ortho intramolecular Hbond substituents is 1. The van der Waals surface area contributed by atoms with Crippen molar-refractivity contribution in [2.24, 2.45) is 4.99 Å². The van der Waals surface area contributed by atoms with E-state index < -0.39 is 0 Å². The summed E-state index contributed by atoms with van der Waals surface area (Å²) in [5, 5.41) is 10.0. The standard InChI is InChI=1S/C16H18N2O3S/c1-10-8-18(9-11(2)21-10)16-17-15(20)14(22-16)7-12-3-5-13(19)6-4-12/h3-7,10-11,19H,8-9H2,1-2H3/b14-7+. The molecule has 1 aromatic carbocycles. The van der Waals surface area contributed by atoms with E-state index in [1.807, 2.05) is 13.8 Å². The second-order valence-corrected chi connectivity index (χ2v) is 6.57. The van der Waals surface area contributed by atoms with Crippen LogP contribution in [0.1, 0.15) is 19.4 Å². The molecule has 0 spiro atoms. The molecule has 2 atom stereocenters. The van der Waals surface area contributed by atoms with Crippen LogP contribution >= 0.6 is 11.8 Å². The molecular formula is C16H18N2O3S. The molecule has 116 valence electrons. The van der Waals surface area contributed by atoms with Crippen molar-refractivity contribution >= 4 is 28.9 Å². The summed E-state index contributed by atoms with van der Waals surface area (Å²) in [5.41, 5.74) is 0.869. The number of morpholine rings is 1. The zero-order valence-electron chi connectivity index (χ0n) is 12.5. The predicted octanol–water partition coefficient (Wildman–Crippen LogP) is 2.47. The highest BCUT2D eigenvalue weighted by Gasteiger charge is 2.30. The van der Waals surface area contributed by atoms with Gasteiger partial charge in [0.1, 0.15) is 5.75 Å². The fourth-order valence-corrected chi connectivity index (χ4v) is 3.52. The number of amidine groups is 1. The molecule has 5 nitrogen and oxygen atoms in total. The Balaban J connectivity index is 1.74. The summed E-state index contributed by atoms with van der Waals surface area (Å²) in [5.74, 6) is 0.000607. The summed E-state index contributed by atoms with van der Waals surface area (Å²) < 4.78 is 5.71. The molecular weight excluding hydrogens is 300 g/mol. The fourth-order valence-electron chi connectivity index (χ4n) is 2.59. The number of aliphatic imine (C=N–C) groups is 1. The molecule has 2 heterocycles. The average molecular weight is 318 g/mol. The van der Waals surface area contributed by atoms with E-state index in [1.54, 1.807) is 30.3 Å². The van der Waals surface area contributed by atoms with E-state index in [4.69, 9.17) is 4.74 Å². The first-order valence-corrected chi connectivity index (χ1v) is 8.05. The quantitative estimate of drug-likeness (QED) is 0.806. The zero-order chi connectivity index (χ0) is 15.7. The largest absolute Gasteiger partial charge is 0.508 e. The van der Waals surface area contributed by atoms with Crippen LogP contribution < -0.4 is 0 Å². The molecule has 0 aliphatic carbocycles. The van der Waals surface area contributed by atoms with Gasteiger partial charge >= 0.3 is 0 Å². The van der Waals surface area contributed by atoms with Crippen molar-refractivity contribution in [3.63, 3.8) is 0 Å². The van der Waals surface area contributed by atoms with Gasteiger partial charge in [0.2, 0.25) is 0 Å². The molecule has 2 aliphatic heterocycles. The van der Waals surface area contributed by atoms with Gasteiger partial charge in [-0.1, -0.05) is 12.1 Å². The van der Waals surface area contributed by atoms with E-state index in [9.17, 15) is 9.90 Å². The van der Waals surface area contributed by atoms with Gasteiger partial charge in [0, 0.05) is 13.1 Å². The van der Waals surface area contributed by atoms with Crippen molar-refractivity contribution < 1.29 is 14.6 Å². The molecule has 2 unspecified atom stereocenters. The Morgan fingerprint density at radius 2 is 1.91 bits per heavy atom. The third-order valence-corrected chi connectivity index (χ3v) is 4.53. The lowest BCUT2D eigenvalue weighted by Gasteiger charge is -2.35. The van der Waals surface area contributed by atoms with Crippen LogP contribution in [-0.2, 0) is 9.53 Å². The topological polar surface area (TPSA) is 62.1 Å². The second kappa shape index (κ2) is 6.14. The molecule has 0 saturated carbocycles. The molecule has 1 saturated heterocycles. The SMILES string of the molecule is CC1CN(C2=NC(=O)/C(=C\c3ccc(O)cc3)S2)CC(C)O1. The number of phenols is 1. The second-order valence-electron chi connectivity index (χ2n) is 5.56. The van der Waals surface area contributed by atoms with E-state index >= 15 is 0 Å². The minimum atomic E-state index is -0.208. The van der Waals surface area contributed by atoms with Crippen molar-refractivity contribution in [3.05, 3.63) is 34.7 Å². The van der Waals surface area contributed by atoms with Gasteiger partial charge in [-0.3, -0.25) is 4.79 Å². The van der Waals surface area contributed by atoms with E-state index in [-0.39, 0.29) is 23.9 Å². The highest BCUT2D eigenvalue weighted by Crippen LogP contribution is 2.31.